The molecule has 82 valence electrons. The summed E-state index contributed by atoms with van der Waals surface area (Å²) < 4.78 is 2.00. The Morgan fingerprint density at radius 3 is 3.00 bits per heavy atom. The molecule has 4 rings (SSSR count). The minimum atomic E-state index is 0.277. The van der Waals surface area contributed by atoms with Gasteiger partial charge in [0, 0.05) is 11.4 Å². The van der Waals surface area contributed by atoms with E-state index in [4.69, 9.17) is 0 Å². The standard InChI is InChI=1S/C14H10N2O/c1-8-4-5-9-10(7-8)15-12-13(9)16-6-2-3-11(16)14(12)17/h2-7,17H,1H3. The second kappa shape index (κ2) is 2.69. The van der Waals surface area contributed by atoms with Crippen LogP contribution in [0.15, 0.2) is 41.5 Å². The SMILES string of the molecule is Cc1ccc2c(c1)=Nc1c(O)c3cccn3c1=2. The molecule has 0 atom stereocenters. The van der Waals surface area contributed by atoms with Gasteiger partial charge in [0.25, 0.3) is 0 Å². The highest BCUT2D eigenvalue weighted by Crippen LogP contribution is 2.36. The second-order valence-corrected chi connectivity index (χ2v) is 4.44. The number of rotatable bonds is 0. The van der Waals surface area contributed by atoms with Gasteiger partial charge in [-0.1, -0.05) is 12.1 Å². The summed E-state index contributed by atoms with van der Waals surface area (Å²) in [7, 11) is 0. The van der Waals surface area contributed by atoms with E-state index in [0.717, 1.165) is 21.4 Å². The van der Waals surface area contributed by atoms with E-state index in [0.29, 0.717) is 5.69 Å². The molecule has 0 unspecified atom stereocenters. The molecule has 0 saturated carbocycles. The van der Waals surface area contributed by atoms with E-state index in [1.165, 1.54) is 5.56 Å². The summed E-state index contributed by atoms with van der Waals surface area (Å²) in [5.41, 5.74) is 2.70. The van der Waals surface area contributed by atoms with Gasteiger partial charge >= 0.3 is 0 Å². The summed E-state index contributed by atoms with van der Waals surface area (Å²) in [5.74, 6) is 0.277. The van der Waals surface area contributed by atoms with Gasteiger partial charge in [0.05, 0.1) is 16.2 Å². The lowest BCUT2D eigenvalue weighted by Crippen LogP contribution is -2.00. The van der Waals surface area contributed by atoms with Crippen molar-refractivity contribution in [2.75, 3.05) is 0 Å². The molecule has 0 radical (unpaired) electrons. The van der Waals surface area contributed by atoms with Crippen molar-refractivity contribution in [3.8, 4) is 5.75 Å². The lowest BCUT2D eigenvalue weighted by atomic mass is 10.2. The van der Waals surface area contributed by atoms with Crippen molar-refractivity contribution < 1.29 is 5.11 Å². The summed E-state index contributed by atoms with van der Waals surface area (Å²) >= 11 is 0. The van der Waals surface area contributed by atoms with Crippen LogP contribution in [0.3, 0.4) is 0 Å². The molecular formula is C14H10N2O. The number of aromatic hydroxyl groups is 1. The molecule has 2 aromatic heterocycles. The molecule has 3 heteroatoms. The van der Waals surface area contributed by atoms with Gasteiger partial charge in [-0.2, -0.15) is 0 Å². The van der Waals surface area contributed by atoms with E-state index in [2.05, 4.69) is 17.1 Å². The van der Waals surface area contributed by atoms with Crippen LogP contribution >= 0.6 is 0 Å². The third-order valence-electron chi connectivity index (χ3n) is 3.32. The Labute approximate surface area is 97.0 Å². The van der Waals surface area contributed by atoms with Crippen LogP contribution in [0, 0.1) is 17.5 Å². The largest absolute Gasteiger partial charge is 0.504 e. The fourth-order valence-electron chi connectivity index (χ4n) is 2.53. The molecule has 3 aromatic rings. The van der Waals surface area contributed by atoms with Crippen LogP contribution in [0.25, 0.3) is 5.52 Å². The lowest BCUT2D eigenvalue weighted by molar-refractivity contribution is 0.483. The maximum Gasteiger partial charge on any atom is 0.167 e. The van der Waals surface area contributed by atoms with Crippen molar-refractivity contribution in [2.45, 2.75) is 6.92 Å². The smallest absolute Gasteiger partial charge is 0.167 e. The first-order valence-electron chi connectivity index (χ1n) is 5.57. The monoisotopic (exact) mass is 222 g/mol. The minimum Gasteiger partial charge on any atom is -0.504 e. The minimum absolute atomic E-state index is 0.277. The first-order chi connectivity index (χ1) is 8.25. The number of nitrogens with zero attached hydrogens (tertiary/aromatic N) is 2. The molecule has 1 aliphatic heterocycles. The highest BCUT2D eigenvalue weighted by molar-refractivity contribution is 5.74. The molecule has 0 aliphatic carbocycles. The zero-order valence-corrected chi connectivity index (χ0v) is 9.31. The van der Waals surface area contributed by atoms with E-state index in [9.17, 15) is 5.11 Å². The van der Waals surface area contributed by atoms with Crippen LogP contribution in [-0.2, 0) is 0 Å². The van der Waals surface area contributed by atoms with Crippen LogP contribution in [0.5, 0.6) is 5.75 Å². The number of hydrogen-bond donors (Lipinski definition) is 1. The third kappa shape index (κ3) is 0.940. The van der Waals surface area contributed by atoms with Gasteiger partial charge in [-0.15, -0.1) is 0 Å². The predicted octanol–water partition coefficient (Wildman–Crippen LogP) is 2.22. The highest BCUT2D eigenvalue weighted by atomic mass is 16.3. The molecule has 1 aliphatic rings. The quantitative estimate of drug-likeness (QED) is 0.486. The number of aryl methyl sites for hydroxylation is 1. The molecule has 0 fully saturated rings. The van der Waals surface area contributed by atoms with Gasteiger partial charge in [0.1, 0.15) is 5.69 Å². The van der Waals surface area contributed by atoms with Crippen molar-refractivity contribution in [1.82, 2.24) is 4.40 Å². The maximum absolute atomic E-state index is 10.1. The van der Waals surface area contributed by atoms with E-state index >= 15 is 0 Å². The second-order valence-electron chi connectivity index (χ2n) is 4.44. The number of benzene rings is 1. The summed E-state index contributed by atoms with van der Waals surface area (Å²) in [4.78, 5) is 4.51. The summed E-state index contributed by atoms with van der Waals surface area (Å²) in [6.07, 6.45) is 1.96. The van der Waals surface area contributed by atoms with Crippen molar-refractivity contribution in [2.24, 2.45) is 4.99 Å². The zero-order valence-electron chi connectivity index (χ0n) is 9.31. The van der Waals surface area contributed by atoms with Crippen molar-refractivity contribution >= 4 is 11.2 Å². The molecule has 1 N–H and O–H groups in total. The molecular weight excluding hydrogens is 212 g/mol. The van der Waals surface area contributed by atoms with Gasteiger partial charge in [-0.25, -0.2) is 4.99 Å². The van der Waals surface area contributed by atoms with Crippen LogP contribution in [-0.4, -0.2) is 9.51 Å². The number of fused-ring (bicyclic) bond motifs is 4. The fraction of sp³-hybridized carbons (Fsp3) is 0.0714. The zero-order chi connectivity index (χ0) is 11.6. The number of hydrogen-bond acceptors (Lipinski definition) is 2. The average molecular weight is 222 g/mol. The van der Waals surface area contributed by atoms with Crippen LogP contribution in [0.1, 0.15) is 5.56 Å². The lowest BCUT2D eigenvalue weighted by Gasteiger charge is -1.90. The topological polar surface area (TPSA) is 37.0 Å². The average Bonchev–Trinajstić information content (AvgIpc) is 2.93. The van der Waals surface area contributed by atoms with Crippen molar-refractivity contribution in [3.63, 3.8) is 0 Å². The number of aromatic nitrogens is 1. The Morgan fingerprint density at radius 1 is 1.24 bits per heavy atom. The maximum atomic E-state index is 10.1. The first kappa shape index (κ1) is 8.82. The molecule has 17 heavy (non-hydrogen) atoms. The molecule has 3 nitrogen and oxygen atoms in total. The molecule has 1 aromatic carbocycles. The van der Waals surface area contributed by atoms with Gasteiger partial charge < -0.3 is 9.51 Å². The summed E-state index contributed by atoms with van der Waals surface area (Å²) in [6, 6.07) is 10.0. The van der Waals surface area contributed by atoms with E-state index in [-0.39, 0.29) is 5.75 Å². The van der Waals surface area contributed by atoms with Gasteiger partial charge in [-0.3, -0.25) is 0 Å². The highest BCUT2D eigenvalue weighted by Gasteiger charge is 2.16. The predicted molar refractivity (Wildman–Crippen MR) is 64.3 cm³/mol. The van der Waals surface area contributed by atoms with Gasteiger partial charge in [0.2, 0.25) is 0 Å². The molecule has 0 bridgehead atoms. The fourth-order valence-corrected chi connectivity index (χ4v) is 2.53. The van der Waals surface area contributed by atoms with E-state index in [1.807, 2.05) is 35.7 Å². The molecule has 3 heterocycles. The molecule has 0 spiro atoms. The molecule has 0 saturated heterocycles. The van der Waals surface area contributed by atoms with Crippen LogP contribution < -0.4 is 5.36 Å². The van der Waals surface area contributed by atoms with Crippen LogP contribution in [0.4, 0.5) is 5.69 Å². The normalized spacial score (nSPS) is 12.5. The van der Waals surface area contributed by atoms with E-state index in [1.54, 1.807) is 0 Å². The third-order valence-corrected chi connectivity index (χ3v) is 3.32. The Kier molecular flexibility index (Phi) is 1.39. The summed E-state index contributed by atoms with van der Waals surface area (Å²) in [6.45, 7) is 2.05. The van der Waals surface area contributed by atoms with Crippen molar-refractivity contribution in [3.05, 3.63) is 58.0 Å². The summed E-state index contributed by atoms with van der Waals surface area (Å²) in [5, 5.41) is 13.2. The van der Waals surface area contributed by atoms with Crippen LogP contribution in [0.2, 0.25) is 0 Å². The van der Waals surface area contributed by atoms with Crippen molar-refractivity contribution in [1.29, 1.82) is 0 Å². The Hall–Kier alpha value is -2.29. The Bertz CT molecular complexity index is 906. The molecule has 0 amide bonds. The van der Waals surface area contributed by atoms with Gasteiger partial charge in [-0.05, 0) is 30.7 Å². The first-order valence-corrected chi connectivity index (χ1v) is 5.57. The Balaban J connectivity index is 2.40. The Morgan fingerprint density at radius 2 is 2.12 bits per heavy atom. The van der Waals surface area contributed by atoms with Gasteiger partial charge in [0.15, 0.2) is 5.75 Å². The van der Waals surface area contributed by atoms with E-state index < -0.39 is 0 Å².